The molecule has 3 N–H and O–H groups in total. The monoisotopic (exact) mass is 635 g/mol. The number of carbonyl (C=O) groups excluding carboxylic acids is 1. The Morgan fingerprint density at radius 3 is 2.54 bits per heavy atom. The zero-order valence-electron chi connectivity index (χ0n) is 25.1. The van der Waals surface area contributed by atoms with E-state index in [4.69, 9.17) is 14.6 Å². The fourth-order valence-electron chi connectivity index (χ4n) is 5.80. The van der Waals surface area contributed by atoms with E-state index in [9.17, 15) is 23.9 Å². The molecule has 3 aromatic rings. The third-order valence-corrected chi connectivity index (χ3v) is 8.54. The molecule has 3 aliphatic heterocycles. The smallest absolute Gasteiger partial charge is 0.301 e. The van der Waals surface area contributed by atoms with E-state index >= 15 is 0 Å². The fourth-order valence-corrected chi connectivity index (χ4v) is 5.80. The number of anilines is 3. The number of alkyl halides is 2. The lowest BCUT2D eigenvalue weighted by atomic mass is 10.0. The zero-order chi connectivity index (χ0) is 32.3. The van der Waals surface area contributed by atoms with Crippen molar-refractivity contribution in [3.63, 3.8) is 0 Å². The van der Waals surface area contributed by atoms with Crippen LogP contribution in [0.2, 0.25) is 0 Å². The Bertz CT molecular complexity index is 1580. The summed E-state index contributed by atoms with van der Waals surface area (Å²) in [7, 11) is 0. The van der Waals surface area contributed by atoms with Crippen LogP contribution < -0.4 is 15.0 Å². The van der Waals surface area contributed by atoms with E-state index in [2.05, 4.69) is 37.2 Å². The molecular formula is C32H35F2N7O5. The van der Waals surface area contributed by atoms with E-state index in [1.165, 1.54) is 12.1 Å². The number of nitrogens with zero attached hydrogens (tertiary/aromatic N) is 6. The lowest BCUT2D eigenvalue weighted by molar-refractivity contribution is -0.167. The molecule has 3 aliphatic rings. The van der Waals surface area contributed by atoms with E-state index < -0.39 is 37.2 Å². The van der Waals surface area contributed by atoms with Gasteiger partial charge in [0.2, 0.25) is 0 Å². The maximum absolute atomic E-state index is 14.9. The molecule has 0 aliphatic carbocycles. The van der Waals surface area contributed by atoms with Gasteiger partial charge in [0, 0.05) is 62.3 Å². The molecule has 1 aromatic heterocycles. The molecule has 0 bridgehead atoms. The summed E-state index contributed by atoms with van der Waals surface area (Å²) in [5, 5.41) is 31.6. The van der Waals surface area contributed by atoms with Crippen LogP contribution in [0.25, 0.3) is 11.4 Å². The molecule has 4 heterocycles. The predicted molar refractivity (Wildman–Crippen MR) is 164 cm³/mol. The van der Waals surface area contributed by atoms with Crippen molar-refractivity contribution < 1.29 is 33.3 Å². The van der Waals surface area contributed by atoms with Crippen molar-refractivity contribution in [1.82, 2.24) is 19.8 Å². The molecule has 0 spiro atoms. The number of piperidine rings is 1. The van der Waals surface area contributed by atoms with Crippen LogP contribution in [0.15, 0.2) is 54.7 Å². The minimum atomic E-state index is -3.45. The first kappa shape index (κ1) is 31.6. The van der Waals surface area contributed by atoms with Gasteiger partial charge in [-0.25, -0.2) is 18.7 Å². The number of halogens is 2. The highest BCUT2D eigenvalue weighted by Crippen LogP contribution is 2.34. The Morgan fingerprint density at radius 2 is 1.89 bits per heavy atom. The van der Waals surface area contributed by atoms with Crippen LogP contribution in [-0.4, -0.2) is 119 Å². The van der Waals surface area contributed by atoms with Crippen LogP contribution in [0, 0.1) is 11.3 Å². The number of ether oxygens (including phenoxy) is 2. The number of amides is 1. The SMILES string of the molecule is N#Cc1cc(-c2nccc(Nc3ccc(N4CCN(C5COC5)CC4)cc3)n2)ccc1O[C@H]1CCN(C(=O)C(O)CO)CC1(F)F. The van der Waals surface area contributed by atoms with Gasteiger partial charge in [-0.3, -0.25) is 9.69 Å². The van der Waals surface area contributed by atoms with Gasteiger partial charge in [-0.1, -0.05) is 0 Å². The van der Waals surface area contributed by atoms with Gasteiger partial charge in [-0.05, 0) is 48.5 Å². The normalized spacial score (nSPS) is 20.8. The molecule has 242 valence electrons. The van der Waals surface area contributed by atoms with Crippen LogP contribution >= 0.6 is 0 Å². The number of rotatable bonds is 9. The van der Waals surface area contributed by atoms with E-state index in [-0.39, 0.29) is 24.3 Å². The molecule has 6 rings (SSSR count). The third kappa shape index (κ3) is 6.87. The van der Waals surface area contributed by atoms with Gasteiger partial charge < -0.3 is 34.8 Å². The van der Waals surface area contributed by atoms with Crippen LogP contribution in [0.1, 0.15) is 12.0 Å². The lowest BCUT2D eigenvalue weighted by Crippen LogP contribution is -2.57. The van der Waals surface area contributed by atoms with Crippen LogP contribution in [0.4, 0.5) is 26.0 Å². The molecule has 14 heteroatoms. The third-order valence-electron chi connectivity index (χ3n) is 8.54. The fraction of sp³-hybridized carbons (Fsp3) is 0.438. The van der Waals surface area contributed by atoms with Gasteiger partial charge in [0.25, 0.3) is 5.91 Å². The number of aliphatic hydroxyl groups is 2. The van der Waals surface area contributed by atoms with Crippen molar-refractivity contribution in [2.24, 2.45) is 0 Å². The van der Waals surface area contributed by atoms with Crippen LogP contribution in [-0.2, 0) is 9.53 Å². The van der Waals surface area contributed by atoms with Crippen LogP contribution in [0.5, 0.6) is 5.75 Å². The largest absolute Gasteiger partial charge is 0.483 e. The second-order valence-electron chi connectivity index (χ2n) is 11.6. The predicted octanol–water partition coefficient (Wildman–Crippen LogP) is 2.25. The molecular weight excluding hydrogens is 600 g/mol. The van der Waals surface area contributed by atoms with Crippen molar-refractivity contribution >= 4 is 23.1 Å². The molecule has 1 amide bonds. The van der Waals surface area contributed by atoms with Gasteiger partial charge in [0.05, 0.1) is 38.0 Å². The number of hydrogen-bond donors (Lipinski definition) is 3. The number of benzene rings is 2. The lowest BCUT2D eigenvalue weighted by Gasteiger charge is -2.43. The van der Waals surface area contributed by atoms with E-state index in [1.807, 2.05) is 18.2 Å². The second kappa shape index (κ2) is 13.5. The van der Waals surface area contributed by atoms with Crippen molar-refractivity contribution in [2.45, 2.75) is 30.6 Å². The van der Waals surface area contributed by atoms with E-state index in [0.29, 0.717) is 23.2 Å². The first-order chi connectivity index (χ1) is 22.2. The quantitative estimate of drug-likeness (QED) is 0.318. The first-order valence-corrected chi connectivity index (χ1v) is 15.2. The Hall–Kier alpha value is -4.42. The summed E-state index contributed by atoms with van der Waals surface area (Å²) in [6, 6.07) is 16.9. The first-order valence-electron chi connectivity index (χ1n) is 15.2. The highest BCUT2D eigenvalue weighted by molar-refractivity contribution is 5.81. The molecule has 0 radical (unpaired) electrons. The van der Waals surface area contributed by atoms with Crippen molar-refractivity contribution in [3.8, 4) is 23.2 Å². The Morgan fingerprint density at radius 1 is 1.13 bits per heavy atom. The van der Waals surface area contributed by atoms with Crippen molar-refractivity contribution in [1.29, 1.82) is 5.26 Å². The summed E-state index contributed by atoms with van der Waals surface area (Å²) in [4.78, 5) is 26.6. The summed E-state index contributed by atoms with van der Waals surface area (Å²) < 4.78 is 40.8. The topological polar surface area (TPSA) is 147 Å². The zero-order valence-corrected chi connectivity index (χ0v) is 25.1. The molecule has 3 fully saturated rings. The van der Waals surface area contributed by atoms with Crippen molar-refractivity contribution in [2.75, 3.05) is 69.3 Å². The number of aromatic nitrogens is 2. The number of aliphatic hydroxyl groups excluding tert-OH is 2. The summed E-state index contributed by atoms with van der Waals surface area (Å²) in [6.45, 7) is 3.70. The number of nitriles is 1. The number of nitrogens with one attached hydrogen (secondary N) is 1. The van der Waals surface area contributed by atoms with E-state index in [1.54, 1.807) is 18.3 Å². The Balaban J connectivity index is 1.08. The standard InChI is InChI=1S/C32H35F2N7O5/c33-32(34)20-41(31(44)26(43)17-42)10-8-28(32)46-27-6-1-21(15-22(27)16-35)30-36-9-7-29(38-30)37-23-2-4-24(5-3-23)39-11-13-40(14-12-39)25-18-45-19-25/h1-7,9,15,25-26,28,42-43H,8,10-14,17-20H2,(H,36,37,38)/t26?,28-/m0/s1. The summed E-state index contributed by atoms with van der Waals surface area (Å²) in [6.07, 6.45) is -1.99. The Kier molecular flexibility index (Phi) is 9.27. The van der Waals surface area contributed by atoms with Gasteiger partial charge >= 0.3 is 5.92 Å². The minimum absolute atomic E-state index is 0.0288. The van der Waals surface area contributed by atoms with E-state index in [0.717, 1.165) is 55.7 Å². The van der Waals surface area contributed by atoms with Gasteiger partial charge in [0.15, 0.2) is 18.0 Å². The average molecular weight is 636 g/mol. The average Bonchev–Trinajstić information content (AvgIpc) is 3.05. The molecule has 46 heavy (non-hydrogen) atoms. The molecule has 1 unspecified atom stereocenters. The highest BCUT2D eigenvalue weighted by atomic mass is 19.3. The summed E-state index contributed by atoms with van der Waals surface area (Å²) in [5.41, 5.74) is 2.53. The highest BCUT2D eigenvalue weighted by Gasteiger charge is 2.48. The van der Waals surface area contributed by atoms with Gasteiger partial charge in [0.1, 0.15) is 17.6 Å². The molecule has 0 saturated carbocycles. The van der Waals surface area contributed by atoms with Crippen LogP contribution in [0.3, 0.4) is 0 Å². The molecule has 2 atom stereocenters. The Labute approximate surface area is 264 Å². The number of likely N-dealkylation sites (tertiary alicyclic amines) is 1. The molecule has 12 nitrogen and oxygen atoms in total. The molecule has 2 aromatic carbocycles. The maximum Gasteiger partial charge on any atom is 0.301 e. The number of piperazine rings is 1. The summed E-state index contributed by atoms with van der Waals surface area (Å²) >= 11 is 0. The number of hydrogen-bond acceptors (Lipinski definition) is 11. The number of carbonyl (C=O) groups is 1. The van der Waals surface area contributed by atoms with Gasteiger partial charge in [-0.15, -0.1) is 0 Å². The molecule has 3 saturated heterocycles. The summed E-state index contributed by atoms with van der Waals surface area (Å²) in [5.74, 6) is -3.57. The minimum Gasteiger partial charge on any atom is -0.483 e. The maximum atomic E-state index is 14.9. The van der Waals surface area contributed by atoms with Crippen molar-refractivity contribution in [3.05, 3.63) is 60.3 Å². The van der Waals surface area contributed by atoms with Gasteiger partial charge in [-0.2, -0.15) is 5.26 Å². The second-order valence-corrected chi connectivity index (χ2v) is 11.6.